The van der Waals surface area contributed by atoms with Gasteiger partial charge in [0.1, 0.15) is 10.7 Å². The smallest absolute Gasteiger partial charge is 0.263 e. The summed E-state index contributed by atoms with van der Waals surface area (Å²) in [5.74, 6) is -0.491. The lowest BCUT2D eigenvalue weighted by molar-refractivity contribution is 0.601. The Hall–Kier alpha value is -1.86. The van der Waals surface area contributed by atoms with Gasteiger partial charge in [0.2, 0.25) is 0 Å². The van der Waals surface area contributed by atoms with Crippen molar-refractivity contribution in [3.63, 3.8) is 0 Å². The quantitative estimate of drug-likeness (QED) is 0.798. The van der Waals surface area contributed by atoms with Gasteiger partial charge in [0.25, 0.3) is 10.0 Å². The molecule has 0 atom stereocenters. The minimum Gasteiger partial charge on any atom is -0.363 e. The van der Waals surface area contributed by atoms with Crippen molar-refractivity contribution in [3.8, 4) is 0 Å². The average Bonchev–Trinajstić information content (AvgIpc) is 2.75. The molecule has 0 bridgehead atoms. The maximum Gasteiger partial charge on any atom is 0.263 e. The van der Waals surface area contributed by atoms with Crippen LogP contribution < -0.4 is 10.5 Å². The van der Waals surface area contributed by atoms with Gasteiger partial charge in [0, 0.05) is 18.4 Å². The first-order valence-electron chi connectivity index (χ1n) is 5.58. The van der Waals surface area contributed by atoms with E-state index in [0.29, 0.717) is 11.3 Å². The lowest BCUT2D eigenvalue weighted by Crippen LogP contribution is -2.12. The first-order chi connectivity index (χ1) is 8.90. The number of nitrogens with two attached hydrogens (primary N) is 1. The third kappa shape index (κ3) is 3.12. The summed E-state index contributed by atoms with van der Waals surface area (Å²) in [5.41, 5.74) is 6.83. The van der Waals surface area contributed by atoms with Crippen LogP contribution in [-0.2, 0) is 16.6 Å². The lowest BCUT2D eigenvalue weighted by Gasteiger charge is -2.07. The molecular weight excluding hydrogens is 269 g/mol. The van der Waals surface area contributed by atoms with Gasteiger partial charge in [-0.2, -0.15) is 0 Å². The van der Waals surface area contributed by atoms with Crippen LogP contribution >= 0.6 is 0 Å². The van der Waals surface area contributed by atoms with Crippen molar-refractivity contribution < 1.29 is 12.8 Å². The Kier molecular flexibility index (Phi) is 3.59. The normalized spacial score (nSPS) is 11.5. The Morgan fingerprint density at radius 1 is 1.32 bits per heavy atom. The Labute approximate surface area is 110 Å². The predicted octanol–water partition coefficient (Wildman–Crippen LogP) is 1.72. The van der Waals surface area contributed by atoms with Gasteiger partial charge in [-0.25, -0.2) is 12.8 Å². The van der Waals surface area contributed by atoms with Crippen LogP contribution in [0.4, 0.5) is 10.1 Å². The molecule has 0 aliphatic heterocycles. The molecule has 0 radical (unpaired) electrons. The second-order valence-electron chi connectivity index (χ2n) is 4.19. The van der Waals surface area contributed by atoms with Crippen LogP contribution in [0.15, 0.2) is 35.4 Å². The number of aromatic nitrogens is 1. The zero-order chi connectivity index (χ0) is 14.0. The van der Waals surface area contributed by atoms with Crippen molar-refractivity contribution in [2.24, 2.45) is 5.73 Å². The number of benzene rings is 1. The maximum atomic E-state index is 13.2. The molecule has 0 amide bonds. The fraction of sp³-hybridized carbons (Fsp3) is 0.167. The molecule has 2 aromatic rings. The van der Waals surface area contributed by atoms with Crippen LogP contribution in [0.2, 0.25) is 0 Å². The maximum absolute atomic E-state index is 13.2. The van der Waals surface area contributed by atoms with E-state index in [1.165, 1.54) is 18.3 Å². The molecule has 2 rings (SSSR count). The van der Waals surface area contributed by atoms with E-state index >= 15 is 0 Å². The SMILES string of the molecule is Cc1cc(F)cc(NS(=O)(=O)c2c[nH]c(CN)c2)c1. The van der Waals surface area contributed by atoms with Gasteiger partial charge in [0.05, 0.1) is 5.69 Å². The average molecular weight is 283 g/mol. The van der Waals surface area contributed by atoms with Crippen LogP contribution in [0.25, 0.3) is 0 Å². The van der Waals surface area contributed by atoms with Crippen molar-refractivity contribution in [1.29, 1.82) is 0 Å². The minimum atomic E-state index is -3.74. The molecule has 0 aliphatic rings. The second kappa shape index (κ2) is 5.02. The van der Waals surface area contributed by atoms with E-state index in [9.17, 15) is 12.8 Å². The molecule has 0 spiro atoms. The standard InChI is InChI=1S/C12H14FN3O2S/c1-8-2-9(13)4-10(3-8)16-19(17,18)12-5-11(6-14)15-7-12/h2-5,7,15-16H,6,14H2,1H3. The number of hydrogen-bond acceptors (Lipinski definition) is 3. The van der Waals surface area contributed by atoms with E-state index in [2.05, 4.69) is 9.71 Å². The van der Waals surface area contributed by atoms with Crippen molar-refractivity contribution in [1.82, 2.24) is 4.98 Å². The number of hydrogen-bond donors (Lipinski definition) is 3. The van der Waals surface area contributed by atoms with Crippen LogP contribution in [-0.4, -0.2) is 13.4 Å². The highest BCUT2D eigenvalue weighted by atomic mass is 32.2. The predicted molar refractivity (Wildman–Crippen MR) is 70.6 cm³/mol. The van der Waals surface area contributed by atoms with Crippen molar-refractivity contribution in [2.75, 3.05) is 4.72 Å². The molecule has 1 heterocycles. The van der Waals surface area contributed by atoms with Crippen LogP contribution in [0.1, 0.15) is 11.3 Å². The Morgan fingerprint density at radius 2 is 2.05 bits per heavy atom. The molecule has 0 aliphatic carbocycles. The first kappa shape index (κ1) is 13.6. The van der Waals surface area contributed by atoms with E-state index in [1.54, 1.807) is 13.0 Å². The number of nitrogens with one attached hydrogen (secondary N) is 2. The number of aromatic amines is 1. The van der Waals surface area contributed by atoms with E-state index in [0.717, 1.165) is 6.07 Å². The van der Waals surface area contributed by atoms with Gasteiger partial charge in [0.15, 0.2) is 0 Å². The summed E-state index contributed by atoms with van der Waals surface area (Å²) in [4.78, 5) is 2.82. The van der Waals surface area contributed by atoms with Gasteiger partial charge in [-0.3, -0.25) is 4.72 Å². The zero-order valence-corrected chi connectivity index (χ0v) is 11.1. The number of H-pyrrole nitrogens is 1. The third-order valence-electron chi connectivity index (χ3n) is 2.54. The monoisotopic (exact) mass is 283 g/mol. The summed E-state index contributed by atoms with van der Waals surface area (Å²) in [6.45, 7) is 1.90. The fourth-order valence-corrected chi connectivity index (χ4v) is 2.76. The van der Waals surface area contributed by atoms with Gasteiger partial charge in [-0.05, 0) is 36.8 Å². The molecule has 0 saturated carbocycles. The van der Waals surface area contributed by atoms with E-state index in [4.69, 9.17) is 5.73 Å². The number of aryl methyl sites for hydroxylation is 1. The molecule has 1 aromatic heterocycles. The fourth-order valence-electron chi connectivity index (χ4n) is 1.70. The largest absolute Gasteiger partial charge is 0.363 e. The topological polar surface area (TPSA) is 88.0 Å². The van der Waals surface area contributed by atoms with Crippen molar-refractivity contribution in [3.05, 3.63) is 47.5 Å². The molecule has 4 N–H and O–H groups in total. The summed E-state index contributed by atoms with van der Waals surface area (Å²) in [5, 5.41) is 0. The van der Waals surface area contributed by atoms with Gasteiger partial charge >= 0.3 is 0 Å². The number of rotatable bonds is 4. The number of sulfonamides is 1. The van der Waals surface area contributed by atoms with E-state index in [1.807, 2.05) is 0 Å². The highest BCUT2D eigenvalue weighted by molar-refractivity contribution is 7.92. The summed E-state index contributed by atoms with van der Waals surface area (Å²) >= 11 is 0. The lowest BCUT2D eigenvalue weighted by atomic mass is 10.2. The van der Waals surface area contributed by atoms with Gasteiger partial charge in [-0.15, -0.1) is 0 Å². The highest BCUT2D eigenvalue weighted by Crippen LogP contribution is 2.19. The van der Waals surface area contributed by atoms with Crippen LogP contribution in [0.3, 0.4) is 0 Å². The van der Waals surface area contributed by atoms with Gasteiger partial charge < -0.3 is 10.7 Å². The number of halogens is 1. The minimum absolute atomic E-state index is 0.0647. The molecule has 102 valence electrons. The molecule has 0 fully saturated rings. The molecule has 1 aromatic carbocycles. The Balaban J connectivity index is 2.30. The second-order valence-corrected chi connectivity index (χ2v) is 5.87. The van der Waals surface area contributed by atoms with E-state index in [-0.39, 0.29) is 17.1 Å². The molecule has 0 unspecified atom stereocenters. The van der Waals surface area contributed by atoms with Crippen LogP contribution in [0.5, 0.6) is 0 Å². The summed E-state index contributed by atoms with van der Waals surface area (Å²) in [7, 11) is -3.74. The summed E-state index contributed by atoms with van der Waals surface area (Å²) in [6, 6.07) is 5.44. The highest BCUT2D eigenvalue weighted by Gasteiger charge is 2.16. The number of anilines is 1. The van der Waals surface area contributed by atoms with Crippen molar-refractivity contribution in [2.45, 2.75) is 18.4 Å². The molecule has 0 saturated heterocycles. The van der Waals surface area contributed by atoms with Crippen molar-refractivity contribution >= 4 is 15.7 Å². The Morgan fingerprint density at radius 3 is 2.63 bits per heavy atom. The van der Waals surface area contributed by atoms with Gasteiger partial charge in [-0.1, -0.05) is 0 Å². The molecule has 19 heavy (non-hydrogen) atoms. The first-order valence-corrected chi connectivity index (χ1v) is 7.06. The molecular formula is C12H14FN3O2S. The third-order valence-corrected chi connectivity index (χ3v) is 3.90. The van der Waals surface area contributed by atoms with E-state index < -0.39 is 15.8 Å². The summed E-state index contributed by atoms with van der Waals surface area (Å²) < 4.78 is 39.6. The molecule has 7 heteroatoms. The summed E-state index contributed by atoms with van der Waals surface area (Å²) in [6.07, 6.45) is 1.34. The zero-order valence-electron chi connectivity index (χ0n) is 10.3. The van der Waals surface area contributed by atoms with Crippen LogP contribution in [0, 0.1) is 12.7 Å². The molecule has 5 nitrogen and oxygen atoms in total. The Bertz CT molecular complexity index is 675.